The largest absolute Gasteiger partial charge is 0.481 e. The molecule has 2 rings (SSSR count). The molecule has 0 bridgehead atoms. The molecule has 0 aliphatic carbocycles. The predicted octanol–water partition coefficient (Wildman–Crippen LogP) is 2.42. The highest BCUT2D eigenvalue weighted by Gasteiger charge is 2.43. The van der Waals surface area contributed by atoms with Crippen LogP contribution in [0, 0.1) is 11.3 Å². The van der Waals surface area contributed by atoms with E-state index in [9.17, 15) is 14.7 Å². The Balaban J connectivity index is 1.93. The maximum absolute atomic E-state index is 12.5. The number of carbonyl (C=O) groups excluding carboxylic acids is 1. The first kappa shape index (κ1) is 15.1. The first-order chi connectivity index (χ1) is 9.46. The van der Waals surface area contributed by atoms with Crippen LogP contribution in [-0.4, -0.2) is 53.1 Å². The van der Waals surface area contributed by atoms with Gasteiger partial charge in [-0.3, -0.25) is 4.79 Å². The smallest absolute Gasteiger partial charge is 0.320 e. The van der Waals surface area contributed by atoms with Gasteiger partial charge < -0.3 is 14.9 Å². The van der Waals surface area contributed by atoms with Crippen LogP contribution in [0.1, 0.15) is 46.0 Å². The highest BCUT2D eigenvalue weighted by molar-refractivity contribution is 5.79. The van der Waals surface area contributed by atoms with Gasteiger partial charge in [-0.05, 0) is 38.5 Å². The summed E-state index contributed by atoms with van der Waals surface area (Å²) in [4.78, 5) is 27.4. The zero-order valence-electron chi connectivity index (χ0n) is 12.6. The molecule has 2 fully saturated rings. The van der Waals surface area contributed by atoms with Gasteiger partial charge in [0.1, 0.15) is 0 Å². The van der Waals surface area contributed by atoms with Crippen LogP contribution in [0.4, 0.5) is 4.79 Å². The van der Waals surface area contributed by atoms with Gasteiger partial charge in [-0.25, -0.2) is 4.79 Å². The molecule has 0 saturated carbocycles. The van der Waals surface area contributed by atoms with Gasteiger partial charge in [0.05, 0.1) is 5.41 Å². The highest BCUT2D eigenvalue weighted by atomic mass is 16.4. The number of amides is 2. The lowest BCUT2D eigenvalue weighted by Gasteiger charge is -2.28. The number of urea groups is 1. The van der Waals surface area contributed by atoms with Gasteiger partial charge >= 0.3 is 12.0 Å². The molecule has 1 N–H and O–H groups in total. The summed E-state index contributed by atoms with van der Waals surface area (Å²) in [6.45, 7) is 6.48. The summed E-state index contributed by atoms with van der Waals surface area (Å²) in [6.07, 6.45) is 5.08. The first-order valence-corrected chi connectivity index (χ1v) is 7.73. The van der Waals surface area contributed by atoms with Crippen LogP contribution in [0.25, 0.3) is 0 Å². The van der Waals surface area contributed by atoms with Crippen molar-refractivity contribution in [2.75, 3.05) is 26.2 Å². The van der Waals surface area contributed by atoms with E-state index in [0.717, 1.165) is 31.8 Å². The highest BCUT2D eigenvalue weighted by Crippen LogP contribution is 2.31. The van der Waals surface area contributed by atoms with Gasteiger partial charge in [-0.1, -0.05) is 13.3 Å². The van der Waals surface area contributed by atoms with Crippen molar-refractivity contribution in [3.05, 3.63) is 0 Å². The molecule has 0 aromatic rings. The monoisotopic (exact) mass is 282 g/mol. The molecule has 2 aliphatic rings. The molecule has 0 radical (unpaired) electrons. The third-order valence-electron chi connectivity index (χ3n) is 4.96. The Hall–Kier alpha value is -1.26. The third-order valence-corrected chi connectivity index (χ3v) is 4.96. The maximum atomic E-state index is 12.5. The summed E-state index contributed by atoms with van der Waals surface area (Å²) >= 11 is 0. The SMILES string of the molecule is CCC1CCCN(C(=O)N2CCC(C)(C(=O)O)C2)CC1. The van der Waals surface area contributed by atoms with E-state index in [1.165, 1.54) is 12.8 Å². The van der Waals surface area contributed by atoms with Crippen molar-refractivity contribution in [1.82, 2.24) is 9.80 Å². The van der Waals surface area contributed by atoms with E-state index in [4.69, 9.17) is 0 Å². The molecule has 2 unspecified atom stereocenters. The average molecular weight is 282 g/mol. The van der Waals surface area contributed by atoms with Crippen molar-refractivity contribution in [3.8, 4) is 0 Å². The third kappa shape index (κ3) is 3.07. The Morgan fingerprint density at radius 1 is 1.20 bits per heavy atom. The molecule has 0 spiro atoms. The topological polar surface area (TPSA) is 60.9 Å². The van der Waals surface area contributed by atoms with E-state index in [1.807, 2.05) is 4.90 Å². The number of likely N-dealkylation sites (tertiary alicyclic amines) is 2. The van der Waals surface area contributed by atoms with E-state index in [0.29, 0.717) is 19.5 Å². The minimum absolute atomic E-state index is 0.0340. The minimum Gasteiger partial charge on any atom is -0.481 e. The zero-order chi connectivity index (χ0) is 14.8. The van der Waals surface area contributed by atoms with E-state index in [2.05, 4.69) is 6.92 Å². The van der Waals surface area contributed by atoms with E-state index in [-0.39, 0.29) is 6.03 Å². The fraction of sp³-hybridized carbons (Fsp3) is 0.867. The molecule has 5 nitrogen and oxygen atoms in total. The van der Waals surface area contributed by atoms with Gasteiger partial charge in [0, 0.05) is 26.2 Å². The number of aliphatic carboxylic acids is 1. The molecule has 2 atom stereocenters. The van der Waals surface area contributed by atoms with Crippen molar-refractivity contribution in [3.63, 3.8) is 0 Å². The number of rotatable bonds is 2. The second-order valence-electron chi connectivity index (χ2n) is 6.51. The Kier molecular flexibility index (Phi) is 4.55. The van der Waals surface area contributed by atoms with Crippen molar-refractivity contribution in [1.29, 1.82) is 0 Å². The quantitative estimate of drug-likeness (QED) is 0.846. The molecule has 20 heavy (non-hydrogen) atoms. The van der Waals surface area contributed by atoms with Gasteiger partial charge in [-0.15, -0.1) is 0 Å². The lowest BCUT2D eigenvalue weighted by atomic mass is 9.90. The normalized spacial score (nSPS) is 31.2. The molecular weight excluding hydrogens is 256 g/mol. The van der Waals surface area contributed by atoms with Gasteiger partial charge in [0.15, 0.2) is 0 Å². The summed E-state index contributed by atoms with van der Waals surface area (Å²) in [5.74, 6) is -0.0645. The van der Waals surface area contributed by atoms with Gasteiger partial charge in [0.2, 0.25) is 0 Å². The van der Waals surface area contributed by atoms with Gasteiger partial charge in [0.25, 0.3) is 0 Å². The van der Waals surface area contributed by atoms with Crippen LogP contribution >= 0.6 is 0 Å². The summed E-state index contributed by atoms with van der Waals surface area (Å²) in [5.41, 5.74) is -0.770. The van der Waals surface area contributed by atoms with Crippen LogP contribution in [0.3, 0.4) is 0 Å². The number of hydrogen-bond donors (Lipinski definition) is 1. The van der Waals surface area contributed by atoms with Gasteiger partial charge in [-0.2, -0.15) is 0 Å². The van der Waals surface area contributed by atoms with Crippen molar-refractivity contribution < 1.29 is 14.7 Å². The van der Waals surface area contributed by atoms with E-state index < -0.39 is 11.4 Å². The van der Waals surface area contributed by atoms with Crippen LogP contribution in [0.5, 0.6) is 0 Å². The van der Waals surface area contributed by atoms with E-state index >= 15 is 0 Å². The summed E-state index contributed by atoms with van der Waals surface area (Å²) in [7, 11) is 0. The molecule has 0 aromatic heterocycles. The average Bonchev–Trinajstić information content (AvgIpc) is 2.69. The summed E-state index contributed by atoms with van der Waals surface area (Å²) in [6, 6.07) is 0.0340. The number of hydrogen-bond acceptors (Lipinski definition) is 2. The Morgan fingerprint density at radius 3 is 2.55 bits per heavy atom. The molecule has 2 amide bonds. The lowest BCUT2D eigenvalue weighted by Crippen LogP contribution is -2.44. The summed E-state index contributed by atoms with van der Waals surface area (Å²) < 4.78 is 0. The Bertz CT molecular complexity index is 385. The molecule has 2 heterocycles. The number of carboxylic acid groups (broad SMARTS) is 1. The lowest BCUT2D eigenvalue weighted by molar-refractivity contribution is -0.147. The summed E-state index contributed by atoms with van der Waals surface area (Å²) in [5, 5.41) is 9.24. The van der Waals surface area contributed by atoms with Crippen molar-refractivity contribution in [2.45, 2.75) is 46.0 Å². The second kappa shape index (κ2) is 6.02. The van der Waals surface area contributed by atoms with Crippen molar-refractivity contribution >= 4 is 12.0 Å². The standard InChI is InChI=1S/C15H26N2O3/c1-3-12-5-4-8-16(9-6-12)14(20)17-10-7-15(2,11-17)13(18)19/h12H,3-11H2,1-2H3,(H,18,19). The molecule has 114 valence electrons. The second-order valence-corrected chi connectivity index (χ2v) is 6.51. The van der Waals surface area contributed by atoms with Crippen LogP contribution < -0.4 is 0 Å². The minimum atomic E-state index is -0.797. The van der Waals surface area contributed by atoms with Crippen LogP contribution in [-0.2, 0) is 4.79 Å². The Labute approximate surface area is 120 Å². The van der Waals surface area contributed by atoms with Crippen LogP contribution in [0.15, 0.2) is 0 Å². The number of nitrogens with zero attached hydrogens (tertiary/aromatic N) is 2. The van der Waals surface area contributed by atoms with E-state index in [1.54, 1.807) is 11.8 Å². The van der Waals surface area contributed by atoms with Crippen LogP contribution in [0.2, 0.25) is 0 Å². The zero-order valence-corrected chi connectivity index (χ0v) is 12.6. The fourth-order valence-corrected chi connectivity index (χ4v) is 3.26. The fourth-order valence-electron chi connectivity index (χ4n) is 3.26. The maximum Gasteiger partial charge on any atom is 0.320 e. The molecular formula is C15H26N2O3. The Morgan fingerprint density at radius 2 is 1.95 bits per heavy atom. The van der Waals surface area contributed by atoms with Crippen molar-refractivity contribution in [2.24, 2.45) is 11.3 Å². The number of carboxylic acids is 1. The molecule has 2 saturated heterocycles. The first-order valence-electron chi connectivity index (χ1n) is 7.73. The molecule has 2 aliphatic heterocycles. The molecule has 0 aromatic carbocycles. The molecule has 5 heteroatoms. The predicted molar refractivity (Wildman–Crippen MR) is 76.5 cm³/mol. The number of carbonyl (C=O) groups is 2.